The van der Waals surface area contributed by atoms with Gasteiger partial charge in [-0.15, -0.1) is 11.3 Å². The number of hydrogen-bond acceptors (Lipinski definition) is 4. The van der Waals surface area contributed by atoms with E-state index in [9.17, 15) is 8.42 Å². The van der Waals surface area contributed by atoms with Crippen LogP contribution >= 0.6 is 27.3 Å². The van der Waals surface area contributed by atoms with Crippen LogP contribution < -0.4 is 0 Å². The average Bonchev–Trinajstić information content (AvgIpc) is 2.86. The molecule has 7 heteroatoms. The van der Waals surface area contributed by atoms with Crippen LogP contribution in [0.25, 0.3) is 0 Å². The summed E-state index contributed by atoms with van der Waals surface area (Å²) in [4.78, 5) is 0. The van der Waals surface area contributed by atoms with Gasteiger partial charge in [-0.1, -0.05) is 30.3 Å². The third-order valence-electron chi connectivity index (χ3n) is 2.61. The van der Waals surface area contributed by atoms with Crippen molar-refractivity contribution in [2.75, 3.05) is 6.54 Å². The van der Waals surface area contributed by atoms with E-state index in [1.165, 1.54) is 4.31 Å². The maximum Gasteiger partial charge on any atom is 0.254 e. The molecule has 0 saturated heterocycles. The van der Waals surface area contributed by atoms with E-state index >= 15 is 0 Å². The largest absolute Gasteiger partial charge is 0.254 e. The number of halogens is 1. The molecule has 0 radical (unpaired) electrons. The highest BCUT2D eigenvalue weighted by atomic mass is 79.9. The zero-order valence-electron chi connectivity index (χ0n) is 10.4. The zero-order valence-corrected chi connectivity index (χ0v) is 13.6. The van der Waals surface area contributed by atoms with Gasteiger partial charge in [0.2, 0.25) is 0 Å². The first-order valence-corrected chi connectivity index (χ1v) is 8.81. The lowest BCUT2D eigenvalue weighted by Gasteiger charge is -2.18. The molecule has 4 nitrogen and oxygen atoms in total. The van der Waals surface area contributed by atoms with Crippen molar-refractivity contribution in [2.45, 2.75) is 10.8 Å². The van der Waals surface area contributed by atoms with Gasteiger partial charge in [0.05, 0.1) is 6.07 Å². The quantitative estimate of drug-likeness (QED) is 0.759. The van der Waals surface area contributed by atoms with Gasteiger partial charge in [0, 0.05) is 11.0 Å². The number of nitrogens with zero attached hydrogens (tertiary/aromatic N) is 2. The lowest BCUT2D eigenvalue weighted by Crippen LogP contribution is -2.30. The molecule has 0 N–H and O–H groups in total. The van der Waals surface area contributed by atoms with E-state index in [1.54, 1.807) is 11.4 Å². The van der Waals surface area contributed by atoms with E-state index in [-0.39, 0.29) is 17.3 Å². The maximum atomic E-state index is 12.6. The maximum absolute atomic E-state index is 12.6. The van der Waals surface area contributed by atoms with Crippen molar-refractivity contribution < 1.29 is 8.42 Å². The van der Waals surface area contributed by atoms with E-state index in [4.69, 9.17) is 5.26 Å². The van der Waals surface area contributed by atoms with Gasteiger partial charge in [-0.05, 0) is 32.9 Å². The number of hydrogen-bond donors (Lipinski definition) is 0. The SMILES string of the molecule is N#CCN(Cc1ccccc1)S(=O)(=O)c1sccc1Br. The summed E-state index contributed by atoms with van der Waals surface area (Å²) >= 11 is 4.36. The Morgan fingerprint density at radius 2 is 1.95 bits per heavy atom. The molecule has 0 fully saturated rings. The molecule has 0 saturated carbocycles. The monoisotopic (exact) mass is 370 g/mol. The summed E-state index contributed by atoms with van der Waals surface area (Å²) < 4.78 is 27.1. The van der Waals surface area contributed by atoms with Crippen LogP contribution in [-0.2, 0) is 16.6 Å². The summed E-state index contributed by atoms with van der Waals surface area (Å²) in [6, 6.07) is 12.8. The fraction of sp³-hybridized carbons (Fsp3) is 0.154. The lowest BCUT2D eigenvalue weighted by atomic mass is 10.2. The minimum absolute atomic E-state index is 0.179. The van der Waals surface area contributed by atoms with Crippen molar-refractivity contribution in [1.82, 2.24) is 4.31 Å². The molecule has 0 atom stereocenters. The van der Waals surface area contributed by atoms with Crippen LogP contribution in [0.4, 0.5) is 0 Å². The molecular weight excluding hydrogens is 360 g/mol. The highest BCUT2D eigenvalue weighted by molar-refractivity contribution is 9.10. The molecule has 0 spiro atoms. The molecule has 1 heterocycles. The summed E-state index contributed by atoms with van der Waals surface area (Å²) in [6.45, 7) is 0.00262. The van der Waals surface area contributed by atoms with Crippen molar-refractivity contribution >= 4 is 37.3 Å². The number of benzene rings is 1. The van der Waals surface area contributed by atoms with E-state index < -0.39 is 10.0 Å². The average molecular weight is 371 g/mol. The number of nitriles is 1. The Bertz CT molecular complexity index is 720. The fourth-order valence-corrected chi connectivity index (χ4v) is 5.45. The van der Waals surface area contributed by atoms with Crippen molar-refractivity contribution in [3.8, 4) is 6.07 Å². The van der Waals surface area contributed by atoms with Gasteiger partial charge < -0.3 is 0 Å². The number of rotatable bonds is 5. The normalized spacial score (nSPS) is 11.4. The van der Waals surface area contributed by atoms with Crippen molar-refractivity contribution in [3.05, 3.63) is 51.8 Å². The Hall–Kier alpha value is -1.20. The molecule has 2 rings (SSSR count). The predicted octanol–water partition coefficient (Wildman–Crippen LogP) is 3.23. The highest BCUT2D eigenvalue weighted by Crippen LogP contribution is 2.30. The summed E-state index contributed by atoms with van der Waals surface area (Å²) in [5.41, 5.74) is 0.846. The summed E-state index contributed by atoms with van der Waals surface area (Å²) in [6.07, 6.45) is 0. The molecule has 0 unspecified atom stereocenters. The van der Waals surface area contributed by atoms with Crippen molar-refractivity contribution in [3.63, 3.8) is 0 Å². The fourth-order valence-electron chi connectivity index (χ4n) is 1.67. The molecule has 104 valence electrons. The Morgan fingerprint density at radius 1 is 1.25 bits per heavy atom. The Balaban J connectivity index is 2.34. The number of sulfonamides is 1. The van der Waals surface area contributed by atoms with Gasteiger partial charge in [-0.3, -0.25) is 0 Å². The third kappa shape index (κ3) is 3.27. The van der Waals surface area contributed by atoms with E-state index in [0.717, 1.165) is 16.9 Å². The van der Waals surface area contributed by atoms with Crippen LogP contribution in [0.2, 0.25) is 0 Å². The highest BCUT2D eigenvalue weighted by Gasteiger charge is 2.27. The molecule has 0 aliphatic heterocycles. The smallest absolute Gasteiger partial charge is 0.206 e. The summed E-state index contributed by atoms with van der Waals surface area (Å²) in [5.74, 6) is 0. The molecular formula is C13H11BrN2O2S2. The van der Waals surface area contributed by atoms with Crippen LogP contribution in [0.5, 0.6) is 0 Å². The third-order valence-corrected chi connectivity index (χ3v) is 7.05. The van der Waals surface area contributed by atoms with Crippen LogP contribution in [0, 0.1) is 11.3 Å². The molecule has 1 aromatic carbocycles. The van der Waals surface area contributed by atoms with Crippen LogP contribution in [0.1, 0.15) is 5.56 Å². The van der Waals surface area contributed by atoms with E-state index in [1.807, 2.05) is 36.4 Å². The first-order chi connectivity index (χ1) is 9.55. The van der Waals surface area contributed by atoms with Crippen molar-refractivity contribution in [1.29, 1.82) is 5.26 Å². The lowest BCUT2D eigenvalue weighted by molar-refractivity contribution is 0.442. The standard InChI is InChI=1S/C13H11BrN2O2S2/c14-12-6-9-19-13(12)20(17,18)16(8-7-15)10-11-4-2-1-3-5-11/h1-6,9H,8,10H2. The van der Waals surface area contributed by atoms with Gasteiger partial charge >= 0.3 is 0 Å². The Labute approximate surface area is 130 Å². The van der Waals surface area contributed by atoms with E-state index in [2.05, 4.69) is 15.9 Å². The van der Waals surface area contributed by atoms with Crippen LogP contribution in [0.15, 0.2) is 50.5 Å². The second-order valence-corrected chi connectivity index (χ2v) is 7.88. The summed E-state index contributed by atoms with van der Waals surface area (Å²) in [7, 11) is -3.67. The topological polar surface area (TPSA) is 61.2 Å². The minimum Gasteiger partial charge on any atom is -0.206 e. The first-order valence-electron chi connectivity index (χ1n) is 5.69. The minimum atomic E-state index is -3.67. The first kappa shape index (κ1) is 15.2. The Kier molecular flexibility index (Phi) is 4.94. The molecule has 1 aromatic heterocycles. The second-order valence-electron chi connectivity index (χ2n) is 3.97. The van der Waals surface area contributed by atoms with Crippen LogP contribution in [-0.4, -0.2) is 19.3 Å². The van der Waals surface area contributed by atoms with Gasteiger partial charge in [-0.2, -0.15) is 9.57 Å². The Morgan fingerprint density at radius 3 is 2.50 bits per heavy atom. The van der Waals surface area contributed by atoms with Gasteiger partial charge in [0.1, 0.15) is 10.8 Å². The van der Waals surface area contributed by atoms with Gasteiger partial charge in [-0.25, -0.2) is 8.42 Å². The molecule has 0 aliphatic rings. The molecule has 0 bridgehead atoms. The molecule has 0 aliphatic carbocycles. The van der Waals surface area contributed by atoms with Gasteiger partial charge in [0.15, 0.2) is 0 Å². The van der Waals surface area contributed by atoms with Gasteiger partial charge in [0.25, 0.3) is 10.0 Å². The van der Waals surface area contributed by atoms with E-state index in [0.29, 0.717) is 4.47 Å². The molecule has 20 heavy (non-hydrogen) atoms. The molecule has 2 aromatic rings. The predicted molar refractivity (Wildman–Crippen MR) is 81.7 cm³/mol. The zero-order chi connectivity index (χ0) is 14.6. The van der Waals surface area contributed by atoms with Crippen molar-refractivity contribution in [2.24, 2.45) is 0 Å². The second kappa shape index (κ2) is 6.50. The molecule has 0 amide bonds. The van der Waals surface area contributed by atoms with Crippen LogP contribution in [0.3, 0.4) is 0 Å². The summed E-state index contributed by atoms with van der Waals surface area (Å²) in [5, 5.41) is 10.6. The number of thiophene rings is 1.